The van der Waals surface area contributed by atoms with Crippen LogP contribution in [0, 0.1) is 11.8 Å². The van der Waals surface area contributed by atoms with E-state index in [9.17, 15) is 14.4 Å². The van der Waals surface area contributed by atoms with E-state index in [1.807, 2.05) is 24.5 Å². The highest BCUT2D eigenvalue weighted by Gasteiger charge is 2.32. The van der Waals surface area contributed by atoms with Crippen LogP contribution in [0.4, 0.5) is 17.2 Å². The number of nitrogens with two attached hydrogens (primary N) is 1. The molecule has 1 unspecified atom stereocenters. The monoisotopic (exact) mass is 574 g/mol. The first kappa shape index (κ1) is 28.4. The number of carbonyl (C=O) groups excluding carboxylic acids is 3. The van der Waals surface area contributed by atoms with Crippen molar-refractivity contribution in [1.29, 1.82) is 0 Å². The molecule has 0 saturated carbocycles. The zero-order chi connectivity index (χ0) is 29.1. The van der Waals surface area contributed by atoms with E-state index in [0.717, 1.165) is 102 Å². The summed E-state index contributed by atoms with van der Waals surface area (Å²) in [6.07, 6.45) is 10.5. The molecule has 4 aliphatic heterocycles. The fourth-order valence-electron chi connectivity index (χ4n) is 6.95. The summed E-state index contributed by atoms with van der Waals surface area (Å²) in [5, 5.41) is 2.45. The molecule has 224 valence electrons. The number of aromatic nitrogens is 2. The van der Waals surface area contributed by atoms with E-state index in [-0.39, 0.29) is 23.7 Å². The van der Waals surface area contributed by atoms with Crippen molar-refractivity contribution in [3.8, 4) is 0 Å². The van der Waals surface area contributed by atoms with Gasteiger partial charge in [0.1, 0.15) is 5.82 Å². The van der Waals surface area contributed by atoms with Gasteiger partial charge in [0.2, 0.25) is 17.7 Å². The number of likely N-dealkylation sites (tertiary alicyclic amines) is 1. The molecule has 1 atom stereocenters. The van der Waals surface area contributed by atoms with Crippen LogP contribution < -0.4 is 20.9 Å². The van der Waals surface area contributed by atoms with Gasteiger partial charge in [-0.3, -0.25) is 24.7 Å². The predicted octanol–water partition coefficient (Wildman–Crippen LogP) is 1.86. The summed E-state index contributed by atoms with van der Waals surface area (Å²) in [6, 6.07) is 5.90. The van der Waals surface area contributed by atoms with E-state index in [0.29, 0.717) is 30.5 Å². The number of hydrogen-bond acceptors (Lipinski definition) is 9. The lowest BCUT2D eigenvalue weighted by atomic mass is 9.90. The third-order valence-electron chi connectivity index (χ3n) is 9.55. The third-order valence-corrected chi connectivity index (χ3v) is 9.55. The number of rotatable bonds is 6. The zero-order valence-electron chi connectivity index (χ0n) is 24.3. The van der Waals surface area contributed by atoms with Crippen LogP contribution in [0.25, 0.3) is 0 Å². The van der Waals surface area contributed by atoms with Crippen LogP contribution in [0.15, 0.2) is 36.8 Å². The molecule has 4 saturated heterocycles. The SMILES string of the molecule is Nc1ccc(N2CCN(C(=O)C3CCN(CC4CCN(c5cncc(C6CCC(=O)NC6=O)c5)CC4)CC3)CC2)cn1. The maximum absolute atomic E-state index is 13.3. The topological polar surface area (TPSA) is 128 Å². The molecule has 0 aliphatic carbocycles. The molecule has 2 aromatic rings. The largest absolute Gasteiger partial charge is 0.384 e. The summed E-state index contributed by atoms with van der Waals surface area (Å²) in [6.45, 7) is 8.19. The van der Waals surface area contributed by atoms with Gasteiger partial charge in [0.15, 0.2) is 0 Å². The number of piperidine rings is 3. The molecule has 0 spiro atoms. The van der Waals surface area contributed by atoms with Crippen molar-refractivity contribution in [1.82, 2.24) is 25.1 Å². The van der Waals surface area contributed by atoms with E-state index in [1.54, 1.807) is 6.20 Å². The first-order valence-electron chi connectivity index (χ1n) is 15.4. The number of anilines is 3. The second kappa shape index (κ2) is 12.6. The number of piperazine rings is 1. The molecule has 2 aromatic heterocycles. The van der Waals surface area contributed by atoms with Gasteiger partial charge in [0, 0.05) is 64.3 Å². The molecule has 4 aliphatic rings. The van der Waals surface area contributed by atoms with Gasteiger partial charge in [-0.25, -0.2) is 4.98 Å². The zero-order valence-corrected chi connectivity index (χ0v) is 24.3. The van der Waals surface area contributed by atoms with E-state index in [2.05, 4.69) is 41.0 Å². The molecule has 6 rings (SSSR count). The van der Waals surface area contributed by atoms with Crippen LogP contribution in [-0.2, 0) is 14.4 Å². The molecule has 0 bridgehead atoms. The number of nitrogens with one attached hydrogen (secondary N) is 1. The lowest BCUT2D eigenvalue weighted by molar-refractivity contribution is -0.137. The Morgan fingerprint density at radius 1 is 0.857 bits per heavy atom. The fraction of sp³-hybridized carbons (Fsp3) is 0.581. The molecule has 3 N–H and O–H groups in total. The Labute approximate surface area is 247 Å². The second-order valence-electron chi connectivity index (χ2n) is 12.2. The van der Waals surface area contributed by atoms with E-state index < -0.39 is 0 Å². The number of imide groups is 1. The molecule has 3 amide bonds. The molecule has 4 fully saturated rings. The average molecular weight is 575 g/mol. The van der Waals surface area contributed by atoms with Crippen molar-refractivity contribution in [2.45, 2.75) is 44.4 Å². The first-order chi connectivity index (χ1) is 20.4. The smallest absolute Gasteiger partial charge is 0.234 e. The van der Waals surface area contributed by atoms with Crippen molar-refractivity contribution >= 4 is 34.9 Å². The van der Waals surface area contributed by atoms with Gasteiger partial charge in [-0.05, 0) is 74.9 Å². The Morgan fingerprint density at radius 3 is 2.29 bits per heavy atom. The predicted molar refractivity (Wildman–Crippen MR) is 161 cm³/mol. The molecule has 42 heavy (non-hydrogen) atoms. The first-order valence-corrected chi connectivity index (χ1v) is 15.4. The Morgan fingerprint density at radius 2 is 1.60 bits per heavy atom. The number of hydrogen-bond donors (Lipinski definition) is 2. The number of amides is 3. The normalized spacial score (nSPS) is 23.2. The Hall–Kier alpha value is -3.73. The third kappa shape index (κ3) is 6.51. The maximum Gasteiger partial charge on any atom is 0.234 e. The Kier molecular flexibility index (Phi) is 8.55. The van der Waals surface area contributed by atoms with E-state index in [1.165, 1.54) is 0 Å². The van der Waals surface area contributed by atoms with E-state index >= 15 is 0 Å². The summed E-state index contributed by atoms with van der Waals surface area (Å²) in [5.41, 5.74) is 8.72. The van der Waals surface area contributed by atoms with Crippen molar-refractivity contribution in [2.75, 3.05) is 74.4 Å². The van der Waals surface area contributed by atoms with Crippen molar-refractivity contribution in [3.63, 3.8) is 0 Å². The van der Waals surface area contributed by atoms with Gasteiger partial charge in [0.05, 0.1) is 29.7 Å². The minimum Gasteiger partial charge on any atom is -0.384 e. The molecule has 11 nitrogen and oxygen atoms in total. The summed E-state index contributed by atoms with van der Waals surface area (Å²) in [5.74, 6) is 0.916. The van der Waals surface area contributed by atoms with Gasteiger partial charge < -0.3 is 25.3 Å². The quantitative estimate of drug-likeness (QED) is 0.497. The standard InChI is InChI=1S/C31H42N8O3/c32-28-3-1-25(20-34-28)38-13-15-39(16-14-38)31(42)23-7-9-36(10-8-23)21-22-5-11-37(12-6-22)26-17-24(18-33-19-26)27-2-4-29(40)35-30(27)41/h1,3,17-20,22-23,27H,2,4-16,21H2,(H2,32,34)(H,35,40,41). The van der Waals surface area contributed by atoms with Crippen LogP contribution in [-0.4, -0.2) is 96.4 Å². The van der Waals surface area contributed by atoms with Gasteiger partial charge >= 0.3 is 0 Å². The molecule has 0 aromatic carbocycles. The fourth-order valence-corrected chi connectivity index (χ4v) is 6.95. The number of carbonyl (C=O) groups is 3. The highest BCUT2D eigenvalue weighted by molar-refractivity contribution is 6.01. The molecule has 0 radical (unpaired) electrons. The van der Waals surface area contributed by atoms with Crippen LogP contribution in [0.3, 0.4) is 0 Å². The summed E-state index contributed by atoms with van der Waals surface area (Å²) in [4.78, 5) is 55.0. The number of pyridine rings is 2. The lowest BCUT2D eigenvalue weighted by Crippen LogP contribution is -2.52. The van der Waals surface area contributed by atoms with Gasteiger partial charge in [-0.1, -0.05) is 0 Å². The minimum absolute atomic E-state index is 0.136. The molecular formula is C31H42N8O3. The van der Waals surface area contributed by atoms with Gasteiger partial charge in [0.25, 0.3) is 0 Å². The highest BCUT2D eigenvalue weighted by atomic mass is 16.2. The average Bonchev–Trinajstić information content (AvgIpc) is 3.02. The van der Waals surface area contributed by atoms with Crippen LogP contribution in [0.2, 0.25) is 0 Å². The number of nitrogens with zero attached hydrogens (tertiary/aromatic N) is 6. The van der Waals surface area contributed by atoms with Crippen molar-refractivity contribution in [2.24, 2.45) is 11.8 Å². The van der Waals surface area contributed by atoms with Gasteiger partial charge in [-0.15, -0.1) is 0 Å². The maximum atomic E-state index is 13.3. The lowest BCUT2D eigenvalue weighted by Gasteiger charge is -2.40. The van der Waals surface area contributed by atoms with Crippen LogP contribution in [0.1, 0.15) is 50.0 Å². The molecule has 11 heteroatoms. The van der Waals surface area contributed by atoms with Crippen LogP contribution >= 0.6 is 0 Å². The summed E-state index contributed by atoms with van der Waals surface area (Å²) in [7, 11) is 0. The summed E-state index contributed by atoms with van der Waals surface area (Å²) < 4.78 is 0. The van der Waals surface area contributed by atoms with E-state index in [4.69, 9.17) is 5.73 Å². The highest BCUT2D eigenvalue weighted by Crippen LogP contribution is 2.30. The second-order valence-corrected chi connectivity index (χ2v) is 12.2. The van der Waals surface area contributed by atoms with Crippen molar-refractivity contribution < 1.29 is 14.4 Å². The van der Waals surface area contributed by atoms with Crippen LogP contribution in [0.5, 0.6) is 0 Å². The van der Waals surface area contributed by atoms with Gasteiger partial charge in [-0.2, -0.15) is 0 Å². The van der Waals surface area contributed by atoms with Crippen molar-refractivity contribution in [3.05, 3.63) is 42.4 Å². The Bertz CT molecular complexity index is 1260. The molecular weight excluding hydrogens is 532 g/mol. The Balaban J connectivity index is 0.921. The summed E-state index contributed by atoms with van der Waals surface area (Å²) >= 11 is 0. The molecule has 6 heterocycles. The minimum atomic E-state index is -0.306. The number of nitrogen functional groups attached to an aromatic ring is 1.